The monoisotopic (exact) mass is 485 g/mol. The number of carbonyl (C=O) groups is 1. The fraction of sp³-hybridized carbons (Fsp3) is 0.531. The minimum absolute atomic E-state index is 0.0226. The van der Waals surface area contributed by atoms with Crippen molar-refractivity contribution in [3.05, 3.63) is 71.4 Å². The van der Waals surface area contributed by atoms with Crippen LogP contribution in [0.4, 0.5) is 0 Å². The van der Waals surface area contributed by atoms with E-state index in [-0.39, 0.29) is 17.2 Å². The van der Waals surface area contributed by atoms with Gasteiger partial charge in [0.15, 0.2) is 0 Å². The van der Waals surface area contributed by atoms with Gasteiger partial charge in [-0.05, 0) is 84.7 Å². The number of piperidine rings is 1. The summed E-state index contributed by atoms with van der Waals surface area (Å²) in [6.07, 6.45) is 8.22. The van der Waals surface area contributed by atoms with Crippen LogP contribution < -0.4 is 0 Å². The second-order valence-corrected chi connectivity index (χ2v) is 11.5. The number of likely N-dealkylation sites (tertiary alicyclic amines) is 1. The normalized spacial score (nSPS) is 22.5. The molecule has 2 heterocycles. The highest BCUT2D eigenvalue weighted by atomic mass is 16.2. The molecule has 2 aliphatic carbocycles. The molecule has 2 fully saturated rings. The molecular weight excluding hydrogens is 442 g/mol. The average Bonchev–Trinajstić information content (AvgIpc) is 3.46. The molecule has 2 atom stereocenters. The topological polar surface area (TPSA) is 39.3 Å². The Morgan fingerprint density at radius 2 is 1.69 bits per heavy atom. The van der Waals surface area contributed by atoms with Crippen LogP contribution in [0.1, 0.15) is 81.4 Å². The predicted octanol–water partition coefficient (Wildman–Crippen LogP) is 6.69. The summed E-state index contributed by atoms with van der Waals surface area (Å²) in [4.78, 5) is 21.0. The van der Waals surface area contributed by atoms with Gasteiger partial charge in [0.05, 0.1) is 5.92 Å². The first-order valence-corrected chi connectivity index (χ1v) is 14.0. The zero-order valence-corrected chi connectivity index (χ0v) is 22.8. The van der Waals surface area contributed by atoms with Gasteiger partial charge < -0.3 is 14.8 Å². The summed E-state index contributed by atoms with van der Waals surface area (Å²) >= 11 is 0. The quantitative estimate of drug-likeness (QED) is 0.437. The SMILES string of the molecule is CC.CC(c1c[nH]c2ccccc12)C1(CN2CCC3(CC2)C[C@@H](C(=O)N(C)C)c2ccccc23)CC1. The summed E-state index contributed by atoms with van der Waals surface area (Å²) in [5.41, 5.74) is 6.04. The number of amides is 1. The van der Waals surface area contributed by atoms with E-state index in [0.717, 1.165) is 19.5 Å². The average molecular weight is 486 g/mol. The van der Waals surface area contributed by atoms with Crippen molar-refractivity contribution < 1.29 is 4.79 Å². The number of hydrogen-bond donors (Lipinski definition) is 1. The van der Waals surface area contributed by atoms with Crippen LogP contribution in [-0.2, 0) is 10.2 Å². The summed E-state index contributed by atoms with van der Waals surface area (Å²) in [7, 11) is 3.78. The van der Waals surface area contributed by atoms with Crippen molar-refractivity contribution in [2.75, 3.05) is 33.7 Å². The number of likely N-dealkylation sites (N-methyl/N-ethyl adjacent to an activating group) is 1. The van der Waals surface area contributed by atoms with Crippen LogP contribution >= 0.6 is 0 Å². The van der Waals surface area contributed by atoms with Gasteiger partial charge in [0, 0.05) is 37.7 Å². The minimum Gasteiger partial charge on any atom is -0.361 e. The number of rotatable bonds is 5. The molecule has 1 amide bonds. The van der Waals surface area contributed by atoms with E-state index >= 15 is 0 Å². The van der Waals surface area contributed by atoms with Gasteiger partial charge in [-0.2, -0.15) is 0 Å². The molecule has 36 heavy (non-hydrogen) atoms. The largest absolute Gasteiger partial charge is 0.361 e. The number of nitrogens with one attached hydrogen (secondary N) is 1. The fourth-order valence-electron chi connectivity index (χ4n) is 7.16. The molecule has 2 aromatic carbocycles. The van der Waals surface area contributed by atoms with Crippen LogP contribution in [0.25, 0.3) is 10.9 Å². The van der Waals surface area contributed by atoms with Gasteiger partial charge in [-0.3, -0.25) is 4.79 Å². The Morgan fingerprint density at radius 1 is 1.03 bits per heavy atom. The van der Waals surface area contributed by atoms with Crippen molar-refractivity contribution in [3.63, 3.8) is 0 Å². The van der Waals surface area contributed by atoms with Crippen molar-refractivity contribution in [1.29, 1.82) is 0 Å². The maximum absolute atomic E-state index is 13.0. The van der Waals surface area contributed by atoms with Crippen LogP contribution in [0.5, 0.6) is 0 Å². The number of hydrogen-bond acceptors (Lipinski definition) is 2. The number of aromatic nitrogens is 1. The highest BCUT2D eigenvalue weighted by Gasteiger charge is 2.52. The van der Waals surface area contributed by atoms with Crippen LogP contribution in [-0.4, -0.2) is 54.4 Å². The van der Waals surface area contributed by atoms with Gasteiger partial charge in [-0.25, -0.2) is 0 Å². The van der Waals surface area contributed by atoms with Crippen LogP contribution in [0, 0.1) is 5.41 Å². The molecule has 1 N–H and O–H groups in total. The standard InChI is InChI=1S/C30H37N3O.C2H6/c1-21(25-19-31-27-11-7-5-9-23(25)27)30(12-13-30)20-33-16-14-29(15-17-33)18-24(28(34)32(2)3)22-8-4-6-10-26(22)29;1-2/h4-11,19,21,24,31H,12-18,20H2,1-3H3;1-2H3/t21?,24-;/m1./s1. The number of carbonyl (C=O) groups excluding carboxylic acids is 1. The van der Waals surface area contributed by atoms with E-state index in [0.29, 0.717) is 11.3 Å². The Labute approximate surface area is 217 Å². The summed E-state index contributed by atoms with van der Waals surface area (Å²) in [6, 6.07) is 17.5. The van der Waals surface area contributed by atoms with Gasteiger partial charge in [0.1, 0.15) is 0 Å². The van der Waals surface area contributed by atoms with E-state index in [9.17, 15) is 4.79 Å². The molecule has 6 rings (SSSR count). The lowest BCUT2D eigenvalue weighted by atomic mass is 9.73. The van der Waals surface area contributed by atoms with Gasteiger partial charge >= 0.3 is 0 Å². The molecular formula is C32H43N3O. The lowest BCUT2D eigenvalue weighted by molar-refractivity contribution is -0.130. The molecule has 1 aromatic heterocycles. The van der Waals surface area contributed by atoms with Crippen LogP contribution in [0.15, 0.2) is 54.7 Å². The van der Waals surface area contributed by atoms with Gasteiger partial charge in [0.25, 0.3) is 0 Å². The van der Waals surface area contributed by atoms with Crippen molar-refractivity contribution in [3.8, 4) is 0 Å². The Kier molecular flexibility index (Phi) is 6.76. The van der Waals surface area contributed by atoms with Gasteiger partial charge in [0.2, 0.25) is 5.91 Å². The van der Waals surface area contributed by atoms with E-state index < -0.39 is 0 Å². The van der Waals surface area contributed by atoms with Crippen LogP contribution in [0.3, 0.4) is 0 Å². The molecule has 0 radical (unpaired) electrons. The maximum Gasteiger partial charge on any atom is 0.229 e. The molecule has 1 saturated carbocycles. The summed E-state index contributed by atoms with van der Waals surface area (Å²) < 4.78 is 0. The molecule has 4 nitrogen and oxygen atoms in total. The number of para-hydroxylation sites is 1. The third-order valence-corrected chi connectivity index (χ3v) is 9.49. The zero-order valence-electron chi connectivity index (χ0n) is 22.8. The third kappa shape index (κ3) is 4.18. The van der Waals surface area contributed by atoms with Crippen molar-refractivity contribution >= 4 is 16.8 Å². The molecule has 1 saturated heterocycles. The fourth-order valence-corrected chi connectivity index (χ4v) is 7.16. The number of aromatic amines is 1. The molecule has 4 heteroatoms. The van der Waals surface area contributed by atoms with Gasteiger partial charge in [-0.1, -0.05) is 63.2 Å². The van der Waals surface area contributed by atoms with E-state index in [2.05, 4.69) is 71.5 Å². The third-order valence-electron chi connectivity index (χ3n) is 9.49. The molecule has 3 aromatic rings. The number of nitrogens with zero attached hydrogens (tertiary/aromatic N) is 2. The van der Waals surface area contributed by atoms with E-state index in [1.807, 2.05) is 27.9 Å². The molecule has 1 spiro atoms. The zero-order chi connectivity index (χ0) is 25.5. The lowest BCUT2D eigenvalue weighted by Gasteiger charge is -2.42. The van der Waals surface area contributed by atoms with Crippen molar-refractivity contribution in [1.82, 2.24) is 14.8 Å². The second kappa shape index (κ2) is 9.70. The first-order chi connectivity index (χ1) is 17.4. The Balaban J connectivity index is 0.00000130. The Hall–Kier alpha value is -2.59. The predicted molar refractivity (Wildman–Crippen MR) is 150 cm³/mol. The summed E-state index contributed by atoms with van der Waals surface area (Å²) in [6.45, 7) is 9.92. The highest BCUT2D eigenvalue weighted by molar-refractivity contribution is 5.85. The van der Waals surface area contributed by atoms with E-state index in [4.69, 9.17) is 0 Å². The molecule has 3 aliphatic rings. The second-order valence-electron chi connectivity index (χ2n) is 11.5. The van der Waals surface area contributed by atoms with E-state index in [1.54, 1.807) is 4.90 Å². The number of benzene rings is 2. The van der Waals surface area contributed by atoms with Crippen molar-refractivity contribution in [2.45, 2.75) is 70.1 Å². The minimum atomic E-state index is 0.0226. The van der Waals surface area contributed by atoms with Crippen LogP contribution in [0.2, 0.25) is 0 Å². The Morgan fingerprint density at radius 3 is 2.39 bits per heavy atom. The van der Waals surface area contributed by atoms with Gasteiger partial charge in [-0.15, -0.1) is 0 Å². The number of H-pyrrole nitrogens is 1. The summed E-state index contributed by atoms with van der Waals surface area (Å²) in [5, 5.41) is 1.39. The summed E-state index contributed by atoms with van der Waals surface area (Å²) in [5.74, 6) is 0.847. The maximum atomic E-state index is 13.0. The lowest BCUT2D eigenvalue weighted by Crippen LogP contribution is -2.44. The number of fused-ring (bicyclic) bond motifs is 3. The first-order valence-electron chi connectivity index (χ1n) is 14.0. The first kappa shape index (κ1) is 25.1. The smallest absolute Gasteiger partial charge is 0.229 e. The highest BCUT2D eigenvalue weighted by Crippen LogP contribution is 2.58. The molecule has 1 unspecified atom stereocenters. The molecule has 0 bridgehead atoms. The molecule has 1 aliphatic heterocycles. The van der Waals surface area contributed by atoms with Crippen molar-refractivity contribution in [2.24, 2.45) is 5.41 Å². The molecule has 192 valence electrons. The Bertz CT molecular complexity index is 1210. The van der Waals surface area contributed by atoms with E-state index in [1.165, 1.54) is 59.8 Å².